The fourth-order valence-electron chi connectivity index (χ4n) is 3.61. The third kappa shape index (κ3) is 4.67. The summed E-state index contributed by atoms with van der Waals surface area (Å²) in [5, 5.41) is 25.8. The number of nitrogens with zero attached hydrogens (tertiary/aromatic N) is 4. The number of nitriles is 1. The summed E-state index contributed by atoms with van der Waals surface area (Å²) < 4.78 is 16.7. The Balaban J connectivity index is 1.85. The van der Waals surface area contributed by atoms with Crippen LogP contribution in [-0.2, 0) is 7.05 Å². The predicted octanol–water partition coefficient (Wildman–Crippen LogP) is 3.17. The number of aryl methyl sites for hydroxylation is 1. The zero-order valence-electron chi connectivity index (χ0n) is 19.1. The molecule has 2 aromatic heterocycles. The normalized spacial score (nSPS) is 10.6. The van der Waals surface area contributed by atoms with Gasteiger partial charge in [-0.3, -0.25) is 4.79 Å². The van der Waals surface area contributed by atoms with Crippen LogP contribution in [0.1, 0.15) is 16.1 Å². The number of methoxy groups -OCH3 is 2. The molecule has 0 atom stereocenters. The van der Waals surface area contributed by atoms with Gasteiger partial charge in [0.25, 0.3) is 5.69 Å². The summed E-state index contributed by atoms with van der Waals surface area (Å²) in [5.74, 6) is -0.458. The lowest BCUT2D eigenvalue weighted by atomic mass is 9.98. The molecule has 0 unspecified atom stereocenters. The molecule has 0 saturated heterocycles. The van der Waals surface area contributed by atoms with Crippen molar-refractivity contribution >= 4 is 17.5 Å². The molecule has 0 aliphatic heterocycles. The molecule has 0 N–H and O–H groups in total. The quantitative estimate of drug-likeness (QED) is 0.209. The smallest absolute Gasteiger partial charge is 0.300 e. The van der Waals surface area contributed by atoms with Gasteiger partial charge in [0, 0.05) is 16.7 Å². The van der Waals surface area contributed by atoms with Crippen molar-refractivity contribution in [1.82, 2.24) is 10.3 Å². The lowest BCUT2D eigenvalue weighted by Gasteiger charge is -2.16. The van der Waals surface area contributed by atoms with Gasteiger partial charge in [-0.05, 0) is 12.1 Å². The molecule has 0 bridgehead atoms. The molecule has 0 amide bonds. The first kappa shape index (κ1) is 23.8. The Morgan fingerprint density at radius 1 is 1.14 bits per heavy atom. The molecule has 0 fully saturated rings. The molecule has 0 aliphatic carbocycles. The molecule has 35 heavy (non-hydrogen) atoms. The summed E-state index contributed by atoms with van der Waals surface area (Å²) in [5.41, 5.74) is 2.76. The summed E-state index contributed by atoms with van der Waals surface area (Å²) in [6.45, 7) is 0. The minimum absolute atomic E-state index is 0.140. The summed E-state index contributed by atoms with van der Waals surface area (Å²) in [6.07, 6.45) is 0. The first-order valence-corrected chi connectivity index (χ1v) is 11.4. The van der Waals surface area contributed by atoms with E-state index >= 15 is 0 Å². The monoisotopic (exact) mass is 488 g/mol. The number of hydrogen-bond acceptors (Lipinski definition) is 9. The SMILES string of the molecule is COc1cccc(-c2cc(-c3ccccc3)nc(SCC(=O)c3c([O-])on[n+]3C)c2C#N)c1OC. The minimum Gasteiger partial charge on any atom is -0.539 e. The van der Waals surface area contributed by atoms with Gasteiger partial charge in [0.2, 0.25) is 5.78 Å². The van der Waals surface area contributed by atoms with Crippen molar-refractivity contribution in [3.05, 3.63) is 65.9 Å². The average Bonchev–Trinajstić information content (AvgIpc) is 3.24. The molecule has 4 rings (SSSR count). The molecule has 10 heteroatoms. The van der Waals surface area contributed by atoms with Crippen LogP contribution in [0.4, 0.5) is 0 Å². The summed E-state index contributed by atoms with van der Waals surface area (Å²) in [4.78, 5) is 17.4. The number of carbonyl (C=O) groups is 1. The molecule has 0 saturated carbocycles. The Hall–Kier alpha value is -4.36. The third-order valence-electron chi connectivity index (χ3n) is 5.23. The number of thioether (sulfide) groups is 1. The topological polar surface area (TPSA) is 125 Å². The Kier molecular flexibility index (Phi) is 6.98. The maximum atomic E-state index is 12.7. The second-order valence-corrected chi connectivity index (χ2v) is 8.26. The van der Waals surface area contributed by atoms with Crippen LogP contribution in [0.25, 0.3) is 22.4 Å². The van der Waals surface area contributed by atoms with E-state index in [9.17, 15) is 15.2 Å². The number of ether oxygens (including phenoxy) is 2. The van der Waals surface area contributed by atoms with Crippen LogP contribution in [-0.4, -0.2) is 36.0 Å². The number of rotatable bonds is 8. The number of ketones is 1. The van der Waals surface area contributed by atoms with Gasteiger partial charge in [0.05, 0.1) is 36.5 Å². The Morgan fingerprint density at radius 2 is 1.91 bits per heavy atom. The van der Waals surface area contributed by atoms with Crippen LogP contribution in [0.2, 0.25) is 0 Å². The van der Waals surface area contributed by atoms with E-state index < -0.39 is 11.7 Å². The molecule has 4 aromatic rings. The van der Waals surface area contributed by atoms with Crippen LogP contribution >= 0.6 is 11.8 Å². The van der Waals surface area contributed by atoms with Crippen molar-refractivity contribution < 1.29 is 28.6 Å². The first-order valence-electron chi connectivity index (χ1n) is 10.4. The zero-order chi connectivity index (χ0) is 24.9. The van der Waals surface area contributed by atoms with Crippen LogP contribution in [0.3, 0.4) is 0 Å². The number of para-hydroxylation sites is 1. The van der Waals surface area contributed by atoms with E-state index in [1.807, 2.05) is 42.5 Å². The molecule has 0 spiro atoms. The van der Waals surface area contributed by atoms with E-state index in [2.05, 4.69) is 20.8 Å². The van der Waals surface area contributed by atoms with Gasteiger partial charge >= 0.3 is 0 Å². The lowest BCUT2D eigenvalue weighted by Crippen LogP contribution is -2.37. The number of benzene rings is 2. The number of Topliss-reactive ketones (excluding diaryl/α,β-unsaturated/α-hetero) is 1. The van der Waals surface area contributed by atoms with E-state index in [0.717, 1.165) is 22.0 Å². The van der Waals surface area contributed by atoms with E-state index in [-0.39, 0.29) is 17.0 Å². The Labute approximate surface area is 205 Å². The van der Waals surface area contributed by atoms with Gasteiger partial charge in [-0.2, -0.15) is 5.26 Å². The molecular formula is C25H20N4O5S. The third-order valence-corrected chi connectivity index (χ3v) is 6.20. The fourth-order valence-corrected chi connectivity index (χ4v) is 4.48. The first-order chi connectivity index (χ1) is 17.0. The van der Waals surface area contributed by atoms with Gasteiger partial charge < -0.3 is 19.1 Å². The molecule has 176 valence electrons. The van der Waals surface area contributed by atoms with Gasteiger partial charge in [-0.1, -0.05) is 58.9 Å². The number of carbonyl (C=O) groups excluding carboxylic acids is 1. The van der Waals surface area contributed by atoms with Gasteiger partial charge in [0.15, 0.2) is 24.5 Å². The van der Waals surface area contributed by atoms with Crippen molar-refractivity contribution in [3.8, 4) is 45.9 Å². The van der Waals surface area contributed by atoms with Crippen molar-refractivity contribution in [1.29, 1.82) is 5.26 Å². The van der Waals surface area contributed by atoms with E-state index in [1.54, 1.807) is 12.1 Å². The Morgan fingerprint density at radius 3 is 2.54 bits per heavy atom. The molecular weight excluding hydrogens is 468 g/mol. The number of pyridine rings is 1. The standard InChI is InChI=1S/C25H20N4O5S/c1-29-22(25(31)34-28-29)20(30)14-35-24-18(13-26)17(12-19(27-24)15-8-5-4-6-9-15)16-10-7-11-21(32-2)23(16)33-3/h4-12H,14H2,1-3H3. The highest BCUT2D eigenvalue weighted by atomic mass is 32.2. The van der Waals surface area contributed by atoms with Crippen molar-refractivity contribution in [2.45, 2.75) is 5.03 Å². The average molecular weight is 489 g/mol. The summed E-state index contributed by atoms with van der Waals surface area (Å²) in [6, 6.07) is 18.9. The van der Waals surface area contributed by atoms with Crippen molar-refractivity contribution in [2.75, 3.05) is 20.0 Å². The maximum absolute atomic E-state index is 12.7. The molecule has 0 aliphatic rings. The van der Waals surface area contributed by atoms with Crippen LogP contribution in [0.5, 0.6) is 17.4 Å². The molecule has 0 radical (unpaired) electrons. The highest BCUT2D eigenvalue weighted by molar-refractivity contribution is 8.00. The van der Waals surface area contributed by atoms with Crippen molar-refractivity contribution in [2.24, 2.45) is 7.05 Å². The second-order valence-electron chi connectivity index (χ2n) is 7.30. The second kappa shape index (κ2) is 10.3. The Bertz CT molecular complexity index is 1410. The summed E-state index contributed by atoms with van der Waals surface area (Å²) in [7, 11) is 4.52. The fraction of sp³-hybridized carbons (Fsp3) is 0.160. The molecule has 2 aromatic carbocycles. The molecule has 2 heterocycles. The van der Waals surface area contributed by atoms with Crippen molar-refractivity contribution in [3.63, 3.8) is 0 Å². The largest absolute Gasteiger partial charge is 0.539 e. The minimum atomic E-state index is -0.814. The number of aromatic nitrogens is 3. The maximum Gasteiger partial charge on any atom is 0.300 e. The van der Waals surface area contributed by atoms with E-state index in [1.165, 1.54) is 21.3 Å². The van der Waals surface area contributed by atoms with Crippen LogP contribution in [0.15, 0.2) is 64.1 Å². The zero-order valence-corrected chi connectivity index (χ0v) is 20.0. The van der Waals surface area contributed by atoms with E-state index in [4.69, 9.17) is 9.47 Å². The molecule has 9 nitrogen and oxygen atoms in total. The van der Waals surface area contributed by atoms with E-state index in [0.29, 0.717) is 33.3 Å². The van der Waals surface area contributed by atoms with Gasteiger partial charge in [-0.25, -0.2) is 4.98 Å². The van der Waals surface area contributed by atoms with Crippen LogP contribution in [0, 0.1) is 11.3 Å². The van der Waals surface area contributed by atoms with Gasteiger partial charge in [-0.15, -0.1) is 0 Å². The summed E-state index contributed by atoms with van der Waals surface area (Å²) >= 11 is 1.06. The highest BCUT2D eigenvalue weighted by Crippen LogP contribution is 2.42. The van der Waals surface area contributed by atoms with Gasteiger partial charge in [0.1, 0.15) is 11.1 Å². The van der Waals surface area contributed by atoms with Crippen LogP contribution < -0.4 is 19.3 Å². The lowest BCUT2D eigenvalue weighted by molar-refractivity contribution is -0.741. The number of hydrogen-bond donors (Lipinski definition) is 0. The predicted molar refractivity (Wildman–Crippen MR) is 125 cm³/mol. The highest BCUT2D eigenvalue weighted by Gasteiger charge is 2.25.